The molecule has 0 amide bonds. The highest BCUT2D eigenvalue weighted by molar-refractivity contribution is 8.00. The number of benzene rings is 1. The Kier molecular flexibility index (Phi) is 2.58. The predicted molar refractivity (Wildman–Crippen MR) is 54.7 cm³/mol. The number of nitrogens with two attached hydrogens (primary N) is 1. The summed E-state index contributed by atoms with van der Waals surface area (Å²) in [6, 6.07) is 3.55. The summed E-state index contributed by atoms with van der Waals surface area (Å²) in [5, 5.41) is 0.545. The Bertz CT molecular complexity index is 371. The van der Waals surface area contributed by atoms with Crippen LogP contribution in [0.5, 0.6) is 0 Å². The van der Waals surface area contributed by atoms with Crippen LogP contribution < -0.4 is 5.73 Å². The number of rotatable bonds is 2. The third kappa shape index (κ3) is 2.59. The van der Waals surface area contributed by atoms with E-state index in [1.807, 2.05) is 0 Å². The van der Waals surface area contributed by atoms with Crippen molar-refractivity contribution in [1.29, 1.82) is 0 Å². The quantitative estimate of drug-likeness (QED) is 0.790. The van der Waals surface area contributed by atoms with Gasteiger partial charge in [0.15, 0.2) is 0 Å². The minimum Gasteiger partial charge on any atom is -0.398 e. The summed E-state index contributed by atoms with van der Waals surface area (Å²) in [6.45, 7) is 0. The molecule has 0 unspecified atom stereocenters. The Morgan fingerprint density at radius 1 is 1.27 bits per heavy atom. The number of hydrogen-bond acceptors (Lipinski definition) is 2. The van der Waals surface area contributed by atoms with Gasteiger partial charge >= 0.3 is 6.18 Å². The Hall–Kier alpha value is -0.840. The van der Waals surface area contributed by atoms with Crippen molar-refractivity contribution in [3.63, 3.8) is 0 Å². The van der Waals surface area contributed by atoms with Crippen LogP contribution in [0, 0.1) is 0 Å². The minimum absolute atomic E-state index is 0.224. The Morgan fingerprint density at radius 3 is 2.40 bits per heavy atom. The van der Waals surface area contributed by atoms with Crippen molar-refractivity contribution in [3.8, 4) is 0 Å². The van der Waals surface area contributed by atoms with Gasteiger partial charge in [0.05, 0.1) is 5.56 Å². The number of anilines is 1. The van der Waals surface area contributed by atoms with Gasteiger partial charge in [0.25, 0.3) is 0 Å². The van der Waals surface area contributed by atoms with Crippen LogP contribution in [0.4, 0.5) is 18.9 Å². The van der Waals surface area contributed by atoms with Gasteiger partial charge in [0.1, 0.15) is 0 Å². The van der Waals surface area contributed by atoms with E-state index < -0.39 is 11.7 Å². The average Bonchev–Trinajstić information content (AvgIpc) is 2.90. The molecule has 15 heavy (non-hydrogen) atoms. The lowest BCUT2D eigenvalue weighted by Gasteiger charge is -2.10. The van der Waals surface area contributed by atoms with Crippen LogP contribution in [0.25, 0.3) is 0 Å². The Morgan fingerprint density at radius 2 is 1.93 bits per heavy atom. The molecule has 1 saturated carbocycles. The van der Waals surface area contributed by atoms with Gasteiger partial charge in [-0.15, -0.1) is 11.8 Å². The molecule has 1 aromatic carbocycles. The number of thioether (sulfide) groups is 1. The monoisotopic (exact) mass is 233 g/mol. The van der Waals surface area contributed by atoms with Crippen LogP contribution in [0.15, 0.2) is 23.1 Å². The van der Waals surface area contributed by atoms with E-state index in [0.29, 0.717) is 5.25 Å². The largest absolute Gasteiger partial charge is 0.416 e. The zero-order valence-corrected chi connectivity index (χ0v) is 8.66. The molecule has 0 saturated heterocycles. The molecule has 1 aliphatic rings. The Labute approximate surface area is 89.8 Å². The first-order valence-electron chi connectivity index (χ1n) is 4.60. The van der Waals surface area contributed by atoms with E-state index >= 15 is 0 Å². The summed E-state index contributed by atoms with van der Waals surface area (Å²) in [4.78, 5) is 0.755. The lowest BCUT2D eigenvalue weighted by Crippen LogP contribution is -2.05. The summed E-state index contributed by atoms with van der Waals surface area (Å²) < 4.78 is 36.9. The number of nitrogen functional groups attached to an aromatic ring is 1. The van der Waals surface area contributed by atoms with Crippen molar-refractivity contribution < 1.29 is 13.2 Å². The SMILES string of the molecule is Nc1cc(C(F)(F)F)ccc1SC1CC1. The van der Waals surface area contributed by atoms with Crippen molar-refractivity contribution in [2.75, 3.05) is 5.73 Å². The van der Waals surface area contributed by atoms with Gasteiger partial charge in [-0.1, -0.05) is 0 Å². The zero-order chi connectivity index (χ0) is 11.1. The predicted octanol–water partition coefficient (Wildman–Crippen LogP) is 3.54. The van der Waals surface area contributed by atoms with Gasteiger partial charge < -0.3 is 5.73 Å². The maximum absolute atomic E-state index is 12.3. The zero-order valence-electron chi connectivity index (χ0n) is 7.84. The molecular formula is C10H10F3NS. The van der Waals surface area contributed by atoms with Gasteiger partial charge in [-0.05, 0) is 31.0 Å². The van der Waals surface area contributed by atoms with Crippen molar-refractivity contribution >= 4 is 17.4 Å². The molecule has 2 rings (SSSR count). The Balaban J connectivity index is 2.21. The highest BCUT2D eigenvalue weighted by Gasteiger charge is 2.31. The number of hydrogen-bond donors (Lipinski definition) is 1. The standard InChI is InChI=1S/C10H10F3NS/c11-10(12,13)6-1-4-9(8(14)5-6)15-7-2-3-7/h1,4-5,7H,2-3,14H2. The maximum Gasteiger partial charge on any atom is 0.416 e. The fourth-order valence-electron chi connectivity index (χ4n) is 1.20. The van der Waals surface area contributed by atoms with E-state index in [1.165, 1.54) is 6.07 Å². The number of halogens is 3. The molecule has 1 aromatic rings. The molecule has 2 N–H and O–H groups in total. The fraction of sp³-hybridized carbons (Fsp3) is 0.400. The first-order valence-corrected chi connectivity index (χ1v) is 5.48. The molecule has 0 aliphatic heterocycles. The van der Waals surface area contributed by atoms with Gasteiger partial charge in [0, 0.05) is 15.8 Å². The molecule has 1 nitrogen and oxygen atoms in total. The first kappa shape index (κ1) is 10.7. The van der Waals surface area contributed by atoms with Crippen LogP contribution in [0.1, 0.15) is 18.4 Å². The molecule has 0 atom stereocenters. The molecule has 0 bridgehead atoms. The fourth-order valence-corrected chi connectivity index (χ4v) is 2.27. The van der Waals surface area contributed by atoms with Crippen LogP contribution in [-0.2, 0) is 6.18 Å². The second-order valence-corrected chi connectivity index (χ2v) is 4.91. The van der Waals surface area contributed by atoms with Crippen LogP contribution in [0.2, 0.25) is 0 Å². The van der Waals surface area contributed by atoms with Crippen molar-refractivity contribution in [2.24, 2.45) is 0 Å². The van der Waals surface area contributed by atoms with Gasteiger partial charge in [-0.3, -0.25) is 0 Å². The van der Waals surface area contributed by atoms with E-state index in [-0.39, 0.29) is 5.69 Å². The molecule has 82 valence electrons. The van der Waals surface area contributed by atoms with E-state index in [1.54, 1.807) is 11.8 Å². The summed E-state index contributed by atoms with van der Waals surface area (Å²) in [5.41, 5.74) is 5.12. The molecule has 0 aromatic heterocycles. The molecule has 0 radical (unpaired) electrons. The molecule has 0 heterocycles. The van der Waals surface area contributed by atoms with Crippen LogP contribution in [-0.4, -0.2) is 5.25 Å². The second kappa shape index (κ2) is 3.63. The second-order valence-electron chi connectivity index (χ2n) is 3.57. The van der Waals surface area contributed by atoms with Crippen LogP contribution in [0.3, 0.4) is 0 Å². The van der Waals surface area contributed by atoms with E-state index in [4.69, 9.17) is 5.73 Å². The average molecular weight is 233 g/mol. The van der Waals surface area contributed by atoms with Gasteiger partial charge in [-0.25, -0.2) is 0 Å². The normalized spacial score (nSPS) is 16.7. The van der Waals surface area contributed by atoms with E-state index in [9.17, 15) is 13.2 Å². The minimum atomic E-state index is -4.31. The first-order chi connectivity index (χ1) is 6.97. The summed E-state index contributed by atoms with van der Waals surface area (Å²) in [5.74, 6) is 0. The van der Waals surface area contributed by atoms with Crippen molar-refractivity contribution in [1.82, 2.24) is 0 Å². The van der Waals surface area contributed by atoms with E-state index in [0.717, 1.165) is 29.9 Å². The van der Waals surface area contributed by atoms with Crippen molar-refractivity contribution in [3.05, 3.63) is 23.8 Å². The third-order valence-electron chi connectivity index (χ3n) is 2.16. The van der Waals surface area contributed by atoms with Gasteiger partial charge in [-0.2, -0.15) is 13.2 Å². The third-order valence-corrected chi connectivity index (χ3v) is 3.59. The topological polar surface area (TPSA) is 26.0 Å². The molecule has 1 fully saturated rings. The van der Waals surface area contributed by atoms with Gasteiger partial charge in [0.2, 0.25) is 0 Å². The summed E-state index contributed by atoms with van der Waals surface area (Å²) in [7, 11) is 0. The molecule has 0 spiro atoms. The molecular weight excluding hydrogens is 223 g/mol. The maximum atomic E-state index is 12.3. The number of alkyl halides is 3. The summed E-state index contributed by atoms with van der Waals surface area (Å²) in [6.07, 6.45) is -2.05. The lowest BCUT2D eigenvalue weighted by molar-refractivity contribution is -0.137. The van der Waals surface area contributed by atoms with Crippen LogP contribution >= 0.6 is 11.8 Å². The smallest absolute Gasteiger partial charge is 0.398 e. The summed E-state index contributed by atoms with van der Waals surface area (Å²) >= 11 is 1.56. The molecule has 5 heteroatoms. The lowest BCUT2D eigenvalue weighted by atomic mass is 10.2. The van der Waals surface area contributed by atoms with Crippen molar-refractivity contribution in [2.45, 2.75) is 29.2 Å². The highest BCUT2D eigenvalue weighted by Crippen LogP contribution is 2.42. The molecule has 1 aliphatic carbocycles. The van der Waals surface area contributed by atoms with E-state index in [2.05, 4.69) is 0 Å². The highest BCUT2D eigenvalue weighted by atomic mass is 32.2.